The second-order valence-electron chi connectivity index (χ2n) is 10.4. The van der Waals surface area contributed by atoms with E-state index in [4.69, 9.17) is 10.6 Å². The van der Waals surface area contributed by atoms with Crippen LogP contribution in [0.1, 0.15) is 23.0 Å². The number of hydroxylamine groups is 2. The third kappa shape index (κ3) is 6.58. The standard InChI is InChI=1S/C28H33F3N10O3/c1-38-10-12-40(13-11-38)15-20-23(26(42)39(2)44-3)22(24-25(32)34-16-35-41(20)24)17-4-6-19(7-5-17)36-27(43)37-21-14-18(8-9-33-21)28(29,30)31/h4-9,14,16,26,42H,10-13,15H2,1-3H3,(H2,32,34,35)(H2,33,36,37,43). The number of fused-ring (bicyclic) bond motifs is 1. The summed E-state index contributed by atoms with van der Waals surface area (Å²) in [7, 11) is 5.13. The van der Waals surface area contributed by atoms with Crippen molar-refractivity contribution in [2.75, 3.05) is 63.8 Å². The number of aliphatic hydroxyl groups is 1. The number of hydrogen-bond donors (Lipinski definition) is 4. The average Bonchev–Trinajstić information content (AvgIpc) is 3.32. The molecule has 2 amide bonds. The minimum Gasteiger partial charge on any atom is -0.382 e. The highest BCUT2D eigenvalue weighted by atomic mass is 19.4. The highest BCUT2D eigenvalue weighted by molar-refractivity contribution is 5.99. The maximum Gasteiger partial charge on any atom is 0.416 e. The van der Waals surface area contributed by atoms with Crippen LogP contribution in [0.15, 0.2) is 48.9 Å². The first-order valence-corrected chi connectivity index (χ1v) is 13.7. The zero-order valence-electron chi connectivity index (χ0n) is 24.3. The summed E-state index contributed by atoms with van der Waals surface area (Å²) in [6.45, 7) is 3.93. The third-order valence-electron chi connectivity index (χ3n) is 7.51. The van der Waals surface area contributed by atoms with Crippen LogP contribution in [0, 0.1) is 0 Å². The number of nitrogens with one attached hydrogen (secondary N) is 2. The lowest BCUT2D eigenvalue weighted by Gasteiger charge is -2.32. The lowest BCUT2D eigenvalue weighted by molar-refractivity contribution is -0.206. The van der Waals surface area contributed by atoms with Gasteiger partial charge >= 0.3 is 12.2 Å². The Morgan fingerprint density at radius 1 is 1.14 bits per heavy atom. The first-order valence-electron chi connectivity index (χ1n) is 13.7. The number of likely N-dealkylation sites (N-methyl/N-ethyl adjacent to an activating group) is 1. The number of pyridine rings is 1. The maximum atomic E-state index is 13.0. The number of benzene rings is 1. The van der Waals surface area contributed by atoms with Gasteiger partial charge in [-0.05, 0) is 36.9 Å². The van der Waals surface area contributed by atoms with Gasteiger partial charge in [-0.1, -0.05) is 12.1 Å². The topological polar surface area (TPSA) is 149 Å². The van der Waals surface area contributed by atoms with Gasteiger partial charge in [-0.15, -0.1) is 0 Å². The van der Waals surface area contributed by atoms with E-state index in [0.29, 0.717) is 34.4 Å². The Kier molecular flexibility index (Phi) is 8.98. The molecule has 13 nitrogen and oxygen atoms in total. The Labute approximate surface area is 251 Å². The number of rotatable bonds is 8. The predicted molar refractivity (Wildman–Crippen MR) is 157 cm³/mol. The van der Waals surface area contributed by atoms with Crippen LogP contribution in [-0.4, -0.2) is 93.0 Å². The fraction of sp³-hybridized carbons (Fsp3) is 0.357. The second kappa shape index (κ2) is 12.7. The van der Waals surface area contributed by atoms with Crippen LogP contribution >= 0.6 is 0 Å². The summed E-state index contributed by atoms with van der Waals surface area (Å²) < 4.78 is 40.8. The van der Waals surface area contributed by atoms with Crippen molar-refractivity contribution in [1.29, 1.82) is 0 Å². The summed E-state index contributed by atoms with van der Waals surface area (Å²) in [5.74, 6) is -0.0400. The van der Waals surface area contributed by atoms with Gasteiger partial charge in [-0.25, -0.2) is 19.3 Å². The molecule has 5 N–H and O–H groups in total. The van der Waals surface area contributed by atoms with Gasteiger partial charge in [-0.3, -0.25) is 15.1 Å². The Hall–Kier alpha value is -4.35. The molecule has 0 radical (unpaired) electrons. The van der Waals surface area contributed by atoms with E-state index in [0.717, 1.165) is 50.2 Å². The number of aliphatic hydroxyl groups excluding tert-OH is 1. The molecule has 0 spiro atoms. The van der Waals surface area contributed by atoms with Gasteiger partial charge in [0.05, 0.1) is 18.4 Å². The minimum atomic E-state index is -4.57. The molecular weight excluding hydrogens is 581 g/mol. The normalized spacial score (nSPS) is 15.5. The van der Waals surface area contributed by atoms with E-state index >= 15 is 0 Å². The van der Waals surface area contributed by atoms with Gasteiger partial charge in [0, 0.05) is 62.8 Å². The molecule has 16 heteroatoms. The zero-order valence-corrected chi connectivity index (χ0v) is 24.3. The van der Waals surface area contributed by atoms with Crippen LogP contribution in [0.4, 0.5) is 35.3 Å². The molecule has 1 aliphatic heterocycles. The largest absolute Gasteiger partial charge is 0.416 e. The molecule has 1 aliphatic rings. The van der Waals surface area contributed by atoms with E-state index < -0.39 is 24.0 Å². The van der Waals surface area contributed by atoms with Gasteiger partial charge in [0.1, 0.15) is 17.7 Å². The Balaban J connectivity index is 1.48. The van der Waals surface area contributed by atoms with E-state index in [-0.39, 0.29) is 11.6 Å². The van der Waals surface area contributed by atoms with Crippen LogP contribution in [0.3, 0.4) is 0 Å². The summed E-state index contributed by atoms with van der Waals surface area (Å²) in [4.78, 5) is 30.4. The molecule has 1 saturated heterocycles. The van der Waals surface area contributed by atoms with Crippen LogP contribution < -0.4 is 16.4 Å². The van der Waals surface area contributed by atoms with E-state index in [2.05, 4.69) is 42.5 Å². The number of nitrogens with two attached hydrogens (primary N) is 1. The molecule has 1 fully saturated rings. The number of piperazine rings is 1. The Bertz CT molecular complexity index is 1620. The number of halogens is 3. The summed E-state index contributed by atoms with van der Waals surface area (Å²) in [6.07, 6.45) is -3.43. The molecule has 44 heavy (non-hydrogen) atoms. The molecule has 0 aliphatic carbocycles. The van der Waals surface area contributed by atoms with E-state index in [1.165, 1.54) is 18.5 Å². The minimum absolute atomic E-state index is 0.211. The molecule has 4 aromatic rings. The number of alkyl halides is 3. The SMILES string of the molecule is CON(C)C(O)c1c(-c2ccc(NC(=O)Nc3cc(C(F)(F)F)ccn3)cc2)c2c(N)ncnn2c1CN1CCN(C)CC1. The van der Waals surface area contributed by atoms with E-state index in [1.54, 1.807) is 35.8 Å². The van der Waals surface area contributed by atoms with Gasteiger partial charge in [0.25, 0.3) is 0 Å². The molecule has 4 heterocycles. The number of anilines is 3. The summed E-state index contributed by atoms with van der Waals surface area (Å²) >= 11 is 0. The maximum absolute atomic E-state index is 13.0. The van der Waals surface area contributed by atoms with Crippen molar-refractivity contribution in [2.45, 2.75) is 18.9 Å². The molecule has 1 atom stereocenters. The van der Waals surface area contributed by atoms with Crippen molar-refractivity contribution < 1.29 is 27.9 Å². The second-order valence-corrected chi connectivity index (χ2v) is 10.4. The highest BCUT2D eigenvalue weighted by Crippen LogP contribution is 2.40. The summed E-state index contributed by atoms with van der Waals surface area (Å²) in [5.41, 5.74) is 8.82. The lowest BCUT2D eigenvalue weighted by atomic mass is 9.99. The average molecular weight is 615 g/mol. The van der Waals surface area contributed by atoms with Crippen molar-refractivity contribution >= 4 is 28.9 Å². The van der Waals surface area contributed by atoms with Gasteiger partial charge in [-0.2, -0.15) is 23.3 Å². The number of aromatic nitrogens is 4. The molecule has 0 saturated carbocycles. The number of hydrogen-bond acceptors (Lipinski definition) is 10. The Morgan fingerprint density at radius 2 is 1.84 bits per heavy atom. The summed E-state index contributed by atoms with van der Waals surface area (Å²) in [6, 6.07) is 7.48. The predicted octanol–water partition coefficient (Wildman–Crippen LogP) is 3.27. The van der Waals surface area contributed by atoms with Gasteiger partial charge in [0.2, 0.25) is 0 Å². The molecule has 1 unspecified atom stereocenters. The molecule has 5 rings (SSSR count). The Morgan fingerprint density at radius 3 is 2.50 bits per heavy atom. The van der Waals surface area contributed by atoms with Crippen LogP contribution in [-0.2, 0) is 17.6 Å². The first-order chi connectivity index (χ1) is 21.0. The molecule has 1 aromatic carbocycles. The molecule has 3 aromatic heterocycles. The molecule has 234 valence electrons. The fourth-order valence-corrected chi connectivity index (χ4v) is 5.09. The van der Waals surface area contributed by atoms with Crippen molar-refractivity contribution in [3.63, 3.8) is 0 Å². The van der Waals surface area contributed by atoms with Crippen molar-refractivity contribution in [1.82, 2.24) is 34.4 Å². The molecular formula is C28H33F3N10O3. The van der Waals surface area contributed by atoms with Gasteiger partial charge < -0.3 is 21.1 Å². The number of carbonyl (C=O) groups is 1. The number of amides is 2. The molecule has 0 bridgehead atoms. The smallest absolute Gasteiger partial charge is 0.382 e. The van der Waals surface area contributed by atoms with E-state index in [9.17, 15) is 23.1 Å². The number of nitrogen functional groups attached to an aromatic ring is 1. The van der Waals surface area contributed by atoms with Gasteiger partial charge in [0.15, 0.2) is 12.0 Å². The monoisotopic (exact) mass is 614 g/mol. The van der Waals surface area contributed by atoms with Crippen molar-refractivity contribution in [3.8, 4) is 11.1 Å². The lowest BCUT2D eigenvalue weighted by Crippen LogP contribution is -2.44. The van der Waals surface area contributed by atoms with E-state index in [1.807, 2.05) is 0 Å². The highest BCUT2D eigenvalue weighted by Gasteiger charge is 2.32. The quantitative estimate of drug-likeness (QED) is 0.172. The third-order valence-corrected chi connectivity index (χ3v) is 7.51. The number of urea groups is 1. The number of carbonyl (C=O) groups excluding carboxylic acids is 1. The van der Waals surface area contributed by atoms with Crippen molar-refractivity contribution in [2.24, 2.45) is 0 Å². The van der Waals surface area contributed by atoms with Crippen LogP contribution in [0.2, 0.25) is 0 Å². The van der Waals surface area contributed by atoms with Crippen LogP contribution in [0.25, 0.3) is 16.6 Å². The first kappa shape index (κ1) is 31.1. The zero-order chi connectivity index (χ0) is 31.6. The fourth-order valence-electron chi connectivity index (χ4n) is 5.09. The van der Waals surface area contributed by atoms with Crippen molar-refractivity contribution in [3.05, 3.63) is 65.7 Å². The van der Waals surface area contributed by atoms with Crippen LogP contribution in [0.5, 0.6) is 0 Å². The summed E-state index contributed by atoms with van der Waals surface area (Å²) in [5, 5.41) is 22.2. The number of nitrogens with zero attached hydrogens (tertiary/aromatic N) is 7.